The predicted octanol–water partition coefficient (Wildman–Crippen LogP) is 3.63. The lowest BCUT2D eigenvalue weighted by molar-refractivity contribution is -0.384. The Labute approximate surface area is 137 Å². The minimum atomic E-state index is -0.593. The molecule has 23 heavy (non-hydrogen) atoms. The Kier molecular flexibility index (Phi) is 4.12. The van der Waals surface area contributed by atoms with Crippen molar-refractivity contribution < 1.29 is 14.5 Å². The molecular formula is C16H16N2O4S. The van der Waals surface area contributed by atoms with Gasteiger partial charge in [0.05, 0.1) is 23.3 Å². The van der Waals surface area contributed by atoms with Gasteiger partial charge in [-0.3, -0.25) is 10.1 Å². The van der Waals surface area contributed by atoms with Gasteiger partial charge >= 0.3 is 5.97 Å². The van der Waals surface area contributed by atoms with Crippen LogP contribution in [0.1, 0.15) is 34.3 Å². The van der Waals surface area contributed by atoms with Crippen LogP contribution >= 0.6 is 11.3 Å². The topological polar surface area (TPSA) is 82.3 Å². The average Bonchev–Trinajstić information content (AvgIpc) is 2.96. The van der Waals surface area contributed by atoms with Crippen molar-refractivity contribution >= 4 is 23.0 Å². The van der Waals surface area contributed by atoms with Crippen LogP contribution < -0.4 is 0 Å². The number of hydrogen-bond donors (Lipinski definition) is 0. The molecule has 0 spiro atoms. The fraction of sp³-hybridized carbons (Fsp3) is 0.375. The highest BCUT2D eigenvalue weighted by Crippen LogP contribution is 2.36. The van der Waals surface area contributed by atoms with Gasteiger partial charge in [0, 0.05) is 22.6 Å². The van der Waals surface area contributed by atoms with Crippen molar-refractivity contribution in [2.24, 2.45) is 5.92 Å². The van der Waals surface area contributed by atoms with Gasteiger partial charge in [-0.2, -0.15) is 0 Å². The van der Waals surface area contributed by atoms with Gasteiger partial charge in [0.1, 0.15) is 5.01 Å². The summed E-state index contributed by atoms with van der Waals surface area (Å²) in [5.74, 6) is 0.0384. The average molecular weight is 332 g/mol. The third-order valence-electron chi connectivity index (χ3n) is 3.98. The first-order valence-corrected chi connectivity index (χ1v) is 8.16. The summed E-state index contributed by atoms with van der Waals surface area (Å²) in [5, 5.41) is 11.8. The fourth-order valence-electron chi connectivity index (χ4n) is 2.74. The van der Waals surface area contributed by atoms with E-state index in [-0.39, 0.29) is 11.3 Å². The molecule has 0 saturated heterocycles. The van der Waals surface area contributed by atoms with Gasteiger partial charge in [-0.25, -0.2) is 9.78 Å². The minimum absolute atomic E-state index is 0.135. The highest BCUT2D eigenvalue weighted by atomic mass is 32.1. The van der Waals surface area contributed by atoms with Gasteiger partial charge in [0.25, 0.3) is 5.69 Å². The molecule has 1 heterocycles. The first-order valence-electron chi connectivity index (χ1n) is 7.34. The molecule has 3 rings (SSSR count). The molecule has 120 valence electrons. The zero-order valence-corrected chi connectivity index (χ0v) is 13.7. The molecule has 2 aromatic rings. The molecule has 0 radical (unpaired) electrons. The van der Waals surface area contributed by atoms with Crippen molar-refractivity contribution in [3.05, 3.63) is 44.4 Å². The zero-order chi connectivity index (χ0) is 16.6. The number of nitro benzene ring substituents is 1. The van der Waals surface area contributed by atoms with E-state index in [0.717, 1.165) is 30.0 Å². The Morgan fingerprint density at radius 3 is 2.91 bits per heavy atom. The molecule has 0 bridgehead atoms. The molecule has 1 aromatic carbocycles. The SMILES string of the molecule is COC(=O)c1cc(-c2nc3c(s2)CC(C)CC3)cc([N+](=O)[O-])c1. The molecule has 0 N–H and O–H groups in total. The van der Waals surface area contributed by atoms with Gasteiger partial charge in [-0.05, 0) is 31.2 Å². The fourth-order valence-corrected chi connectivity index (χ4v) is 4.00. The van der Waals surface area contributed by atoms with Crippen LogP contribution in [0.4, 0.5) is 5.69 Å². The van der Waals surface area contributed by atoms with Crippen molar-refractivity contribution in [2.45, 2.75) is 26.2 Å². The number of carbonyl (C=O) groups excluding carboxylic acids is 1. The lowest BCUT2D eigenvalue weighted by atomic mass is 9.93. The van der Waals surface area contributed by atoms with Gasteiger partial charge in [0.2, 0.25) is 0 Å². The molecule has 1 unspecified atom stereocenters. The quantitative estimate of drug-likeness (QED) is 0.487. The third-order valence-corrected chi connectivity index (χ3v) is 5.15. The Balaban J connectivity index is 2.07. The third kappa shape index (κ3) is 3.10. The van der Waals surface area contributed by atoms with Crippen LogP contribution in [-0.4, -0.2) is 23.0 Å². The summed E-state index contributed by atoms with van der Waals surface area (Å²) in [6.45, 7) is 2.21. The largest absolute Gasteiger partial charge is 0.465 e. The van der Waals surface area contributed by atoms with E-state index in [2.05, 4.69) is 16.6 Å². The Morgan fingerprint density at radius 1 is 1.43 bits per heavy atom. The Bertz CT molecular complexity index is 784. The molecule has 1 aliphatic carbocycles. The standard InChI is InChI=1S/C16H16N2O4S/c1-9-3-4-13-14(5-9)23-15(17-13)10-6-11(16(19)22-2)8-12(7-10)18(20)21/h6-9H,3-5H2,1-2H3. The maximum atomic E-state index is 11.7. The summed E-state index contributed by atoms with van der Waals surface area (Å²) < 4.78 is 4.68. The number of hydrogen-bond acceptors (Lipinski definition) is 6. The second kappa shape index (κ2) is 6.08. The van der Waals surface area contributed by atoms with Gasteiger partial charge < -0.3 is 4.74 Å². The lowest BCUT2D eigenvalue weighted by Crippen LogP contribution is -2.09. The maximum absolute atomic E-state index is 11.7. The van der Waals surface area contributed by atoms with E-state index in [4.69, 9.17) is 0 Å². The van der Waals surface area contributed by atoms with Gasteiger partial charge in [-0.1, -0.05) is 6.92 Å². The minimum Gasteiger partial charge on any atom is -0.465 e. The molecule has 6 nitrogen and oxygen atoms in total. The summed E-state index contributed by atoms with van der Waals surface area (Å²) in [4.78, 5) is 28.2. The molecule has 1 aromatic heterocycles. The summed E-state index contributed by atoms with van der Waals surface area (Å²) in [6.07, 6.45) is 3.04. The number of nitrogens with zero attached hydrogens (tertiary/aromatic N) is 2. The molecule has 1 atom stereocenters. The normalized spacial score (nSPS) is 16.7. The van der Waals surface area contributed by atoms with Crippen LogP contribution in [0.3, 0.4) is 0 Å². The number of fused-ring (bicyclic) bond motifs is 1. The van der Waals surface area contributed by atoms with Crippen molar-refractivity contribution in [3.63, 3.8) is 0 Å². The molecule has 1 aliphatic rings. The Morgan fingerprint density at radius 2 is 2.22 bits per heavy atom. The number of non-ortho nitro benzene ring substituents is 1. The van der Waals surface area contributed by atoms with Crippen LogP contribution in [0.25, 0.3) is 10.6 Å². The van der Waals surface area contributed by atoms with Crippen molar-refractivity contribution in [3.8, 4) is 10.6 Å². The predicted molar refractivity (Wildman–Crippen MR) is 86.7 cm³/mol. The smallest absolute Gasteiger partial charge is 0.338 e. The van der Waals surface area contributed by atoms with E-state index in [1.54, 1.807) is 17.4 Å². The molecular weight excluding hydrogens is 316 g/mol. The number of ether oxygens (including phenoxy) is 1. The van der Waals surface area contributed by atoms with E-state index in [1.807, 2.05) is 0 Å². The number of methoxy groups -OCH3 is 1. The van der Waals surface area contributed by atoms with E-state index < -0.39 is 10.9 Å². The lowest BCUT2D eigenvalue weighted by Gasteiger charge is -2.15. The second-order valence-corrected chi connectivity index (χ2v) is 6.84. The van der Waals surface area contributed by atoms with Crippen LogP contribution in [-0.2, 0) is 17.6 Å². The van der Waals surface area contributed by atoms with Gasteiger partial charge in [-0.15, -0.1) is 11.3 Å². The number of aromatic nitrogens is 1. The highest BCUT2D eigenvalue weighted by molar-refractivity contribution is 7.15. The summed E-state index contributed by atoms with van der Waals surface area (Å²) in [6, 6.07) is 4.29. The number of carbonyl (C=O) groups is 1. The number of aryl methyl sites for hydroxylation is 1. The first kappa shape index (κ1) is 15.6. The van der Waals surface area contributed by atoms with E-state index in [1.165, 1.54) is 24.1 Å². The summed E-state index contributed by atoms with van der Waals surface area (Å²) in [7, 11) is 1.25. The van der Waals surface area contributed by atoms with Crippen molar-refractivity contribution in [1.82, 2.24) is 4.98 Å². The molecule has 0 aliphatic heterocycles. The maximum Gasteiger partial charge on any atom is 0.338 e. The van der Waals surface area contributed by atoms with E-state index in [9.17, 15) is 14.9 Å². The highest BCUT2D eigenvalue weighted by Gasteiger charge is 2.22. The first-order chi connectivity index (χ1) is 11.0. The molecule has 0 fully saturated rings. The number of nitro groups is 1. The number of esters is 1. The van der Waals surface area contributed by atoms with Crippen LogP contribution in [0, 0.1) is 16.0 Å². The van der Waals surface area contributed by atoms with Crippen molar-refractivity contribution in [1.29, 1.82) is 0 Å². The number of rotatable bonds is 3. The molecule has 0 amide bonds. The van der Waals surface area contributed by atoms with E-state index in [0.29, 0.717) is 11.5 Å². The van der Waals surface area contributed by atoms with Crippen LogP contribution in [0.15, 0.2) is 18.2 Å². The second-order valence-electron chi connectivity index (χ2n) is 5.75. The molecule has 7 heteroatoms. The number of thiazole rings is 1. The van der Waals surface area contributed by atoms with E-state index >= 15 is 0 Å². The van der Waals surface area contributed by atoms with Crippen LogP contribution in [0.2, 0.25) is 0 Å². The van der Waals surface area contributed by atoms with Crippen molar-refractivity contribution in [2.75, 3.05) is 7.11 Å². The molecule has 0 saturated carbocycles. The summed E-state index contributed by atoms with van der Waals surface area (Å²) >= 11 is 1.55. The number of benzene rings is 1. The van der Waals surface area contributed by atoms with Gasteiger partial charge in [0.15, 0.2) is 0 Å². The van der Waals surface area contributed by atoms with Crippen LogP contribution in [0.5, 0.6) is 0 Å². The zero-order valence-electron chi connectivity index (χ0n) is 12.9. The summed E-state index contributed by atoms with van der Waals surface area (Å²) in [5.41, 5.74) is 1.70. The Hall–Kier alpha value is -2.28. The monoisotopic (exact) mass is 332 g/mol.